The molecular formula is C16H22FN3. The minimum Gasteiger partial charge on any atom is -0.305 e. The summed E-state index contributed by atoms with van der Waals surface area (Å²) >= 11 is 0. The second kappa shape index (κ2) is 6.18. The van der Waals surface area contributed by atoms with Crippen LogP contribution in [-0.2, 0) is 13.5 Å². The number of rotatable bonds is 5. The highest BCUT2D eigenvalue weighted by Gasteiger charge is 2.20. The van der Waals surface area contributed by atoms with Crippen molar-refractivity contribution in [3.05, 3.63) is 52.6 Å². The van der Waals surface area contributed by atoms with E-state index in [1.54, 1.807) is 6.07 Å². The second-order valence-electron chi connectivity index (χ2n) is 5.03. The van der Waals surface area contributed by atoms with Crippen molar-refractivity contribution in [2.24, 2.45) is 7.05 Å². The van der Waals surface area contributed by atoms with Gasteiger partial charge in [-0.25, -0.2) is 4.39 Å². The molecule has 0 fully saturated rings. The van der Waals surface area contributed by atoms with Crippen LogP contribution in [0.15, 0.2) is 24.3 Å². The van der Waals surface area contributed by atoms with Gasteiger partial charge in [0.1, 0.15) is 5.82 Å². The number of aryl methyl sites for hydroxylation is 3. The molecule has 1 atom stereocenters. The molecule has 1 aromatic heterocycles. The summed E-state index contributed by atoms with van der Waals surface area (Å²) in [6.45, 7) is 6.96. The van der Waals surface area contributed by atoms with Gasteiger partial charge in [-0.1, -0.05) is 19.9 Å². The number of nitrogens with one attached hydrogen (secondary N) is 1. The van der Waals surface area contributed by atoms with Crippen LogP contribution >= 0.6 is 0 Å². The maximum atomic E-state index is 13.6. The maximum absolute atomic E-state index is 13.6. The van der Waals surface area contributed by atoms with E-state index in [0.29, 0.717) is 0 Å². The first kappa shape index (κ1) is 14.7. The van der Waals surface area contributed by atoms with E-state index < -0.39 is 0 Å². The highest BCUT2D eigenvalue weighted by Crippen LogP contribution is 2.26. The first-order valence-corrected chi connectivity index (χ1v) is 7.09. The monoisotopic (exact) mass is 275 g/mol. The summed E-state index contributed by atoms with van der Waals surface area (Å²) in [4.78, 5) is 0. The van der Waals surface area contributed by atoms with Crippen LogP contribution in [0.25, 0.3) is 0 Å². The quantitative estimate of drug-likeness (QED) is 0.908. The average Bonchev–Trinajstić information content (AvgIpc) is 2.80. The van der Waals surface area contributed by atoms with Gasteiger partial charge < -0.3 is 5.32 Å². The van der Waals surface area contributed by atoms with E-state index in [1.807, 2.05) is 24.7 Å². The van der Waals surface area contributed by atoms with Crippen molar-refractivity contribution in [2.75, 3.05) is 6.54 Å². The third-order valence-electron chi connectivity index (χ3n) is 3.59. The van der Waals surface area contributed by atoms with E-state index in [1.165, 1.54) is 6.07 Å². The zero-order valence-electron chi connectivity index (χ0n) is 12.6. The Kier molecular flexibility index (Phi) is 4.55. The predicted molar refractivity (Wildman–Crippen MR) is 79.2 cm³/mol. The largest absolute Gasteiger partial charge is 0.305 e. The molecule has 3 nitrogen and oxygen atoms in total. The van der Waals surface area contributed by atoms with Gasteiger partial charge in [-0.2, -0.15) is 5.10 Å². The van der Waals surface area contributed by atoms with Crippen molar-refractivity contribution in [3.63, 3.8) is 0 Å². The Morgan fingerprint density at radius 3 is 2.65 bits per heavy atom. The number of nitrogens with zero attached hydrogens (tertiary/aromatic N) is 2. The van der Waals surface area contributed by atoms with Crippen LogP contribution in [0.4, 0.5) is 4.39 Å². The fourth-order valence-electron chi connectivity index (χ4n) is 2.49. The Morgan fingerprint density at radius 1 is 1.30 bits per heavy atom. The summed E-state index contributed by atoms with van der Waals surface area (Å²) in [6.07, 6.45) is 0.898. The van der Waals surface area contributed by atoms with Crippen molar-refractivity contribution in [2.45, 2.75) is 33.2 Å². The minimum absolute atomic E-state index is 0.0338. The summed E-state index contributed by atoms with van der Waals surface area (Å²) in [6, 6.07) is 7.00. The molecule has 0 saturated carbocycles. The van der Waals surface area contributed by atoms with Crippen LogP contribution in [0, 0.1) is 12.7 Å². The van der Waals surface area contributed by atoms with E-state index in [2.05, 4.69) is 30.3 Å². The lowest BCUT2D eigenvalue weighted by atomic mass is 9.98. The predicted octanol–water partition coefficient (Wildman–Crippen LogP) is 3.13. The molecule has 1 unspecified atom stereocenters. The fraction of sp³-hybridized carbons (Fsp3) is 0.438. The second-order valence-corrected chi connectivity index (χ2v) is 5.03. The molecule has 108 valence electrons. The molecule has 1 aromatic carbocycles. The molecule has 0 aliphatic heterocycles. The van der Waals surface area contributed by atoms with Gasteiger partial charge in [-0.15, -0.1) is 0 Å². The van der Waals surface area contributed by atoms with Crippen molar-refractivity contribution in [1.29, 1.82) is 0 Å². The van der Waals surface area contributed by atoms with Crippen LogP contribution < -0.4 is 5.32 Å². The van der Waals surface area contributed by atoms with Gasteiger partial charge in [0.2, 0.25) is 0 Å². The molecule has 1 N–H and O–H groups in total. The van der Waals surface area contributed by atoms with E-state index in [0.717, 1.165) is 35.5 Å². The molecule has 2 aromatic rings. The smallest absolute Gasteiger partial charge is 0.123 e. The van der Waals surface area contributed by atoms with Crippen molar-refractivity contribution in [3.8, 4) is 0 Å². The Labute approximate surface area is 119 Å². The molecule has 20 heavy (non-hydrogen) atoms. The molecule has 0 saturated heterocycles. The molecule has 1 heterocycles. The maximum Gasteiger partial charge on any atom is 0.123 e. The highest BCUT2D eigenvalue weighted by atomic mass is 19.1. The van der Waals surface area contributed by atoms with Gasteiger partial charge in [0.15, 0.2) is 0 Å². The first-order valence-electron chi connectivity index (χ1n) is 7.09. The first-order chi connectivity index (χ1) is 9.56. The van der Waals surface area contributed by atoms with E-state index >= 15 is 0 Å². The normalized spacial score (nSPS) is 12.7. The van der Waals surface area contributed by atoms with Crippen molar-refractivity contribution >= 4 is 0 Å². The lowest BCUT2D eigenvalue weighted by Gasteiger charge is -2.20. The Morgan fingerprint density at radius 2 is 2.05 bits per heavy atom. The van der Waals surface area contributed by atoms with Crippen molar-refractivity contribution in [1.82, 2.24) is 15.1 Å². The Bertz CT molecular complexity index is 589. The zero-order chi connectivity index (χ0) is 14.7. The van der Waals surface area contributed by atoms with Gasteiger partial charge in [-0.3, -0.25) is 4.68 Å². The van der Waals surface area contributed by atoms with E-state index in [9.17, 15) is 4.39 Å². The third kappa shape index (κ3) is 2.90. The molecule has 0 bridgehead atoms. The third-order valence-corrected chi connectivity index (χ3v) is 3.59. The lowest BCUT2D eigenvalue weighted by molar-refractivity contribution is 0.561. The van der Waals surface area contributed by atoms with Gasteiger partial charge in [-0.05, 0) is 49.2 Å². The molecule has 0 aliphatic rings. The van der Waals surface area contributed by atoms with Crippen LogP contribution in [0.3, 0.4) is 0 Å². The van der Waals surface area contributed by atoms with Gasteiger partial charge in [0.25, 0.3) is 0 Å². The number of benzene rings is 1. The SMILES string of the molecule is CCNC(c1cc(F)ccc1C)c1cc(CC)nn1C. The highest BCUT2D eigenvalue weighted by molar-refractivity contribution is 5.35. The number of aromatic nitrogens is 2. The Hall–Kier alpha value is -1.68. The van der Waals surface area contributed by atoms with Crippen molar-refractivity contribution < 1.29 is 4.39 Å². The lowest BCUT2D eigenvalue weighted by Crippen LogP contribution is -2.25. The fourth-order valence-corrected chi connectivity index (χ4v) is 2.49. The number of hydrogen-bond acceptors (Lipinski definition) is 2. The average molecular weight is 275 g/mol. The molecule has 0 radical (unpaired) electrons. The Balaban J connectivity index is 2.49. The van der Waals surface area contributed by atoms with Gasteiger partial charge >= 0.3 is 0 Å². The summed E-state index contributed by atoms with van der Waals surface area (Å²) in [5.74, 6) is -0.202. The number of hydrogen-bond donors (Lipinski definition) is 1. The number of halogens is 1. The standard InChI is InChI=1S/C16H22FN3/c1-5-13-10-15(20(4)19-13)16(18-6-2)14-9-12(17)8-7-11(14)3/h7-10,16,18H,5-6H2,1-4H3. The van der Waals surface area contributed by atoms with Gasteiger partial charge in [0, 0.05) is 7.05 Å². The molecular weight excluding hydrogens is 253 g/mol. The van der Waals surface area contributed by atoms with Gasteiger partial charge in [0.05, 0.1) is 17.4 Å². The molecule has 0 aliphatic carbocycles. The van der Waals surface area contributed by atoms with Crippen LogP contribution in [0.5, 0.6) is 0 Å². The zero-order valence-corrected chi connectivity index (χ0v) is 12.6. The summed E-state index contributed by atoms with van der Waals surface area (Å²) in [5.41, 5.74) is 4.17. The topological polar surface area (TPSA) is 29.9 Å². The minimum atomic E-state index is -0.202. The van der Waals surface area contributed by atoms with Crippen LogP contribution in [0.2, 0.25) is 0 Å². The van der Waals surface area contributed by atoms with Crippen LogP contribution in [0.1, 0.15) is 42.4 Å². The van der Waals surface area contributed by atoms with E-state index in [4.69, 9.17) is 0 Å². The molecule has 0 amide bonds. The summed E-state index contributed by atoms with van der Waals surface area (Å²) in [5, 5.41) is 7.93. The molecule has 4 heteroatoms. The molecule has 0 spiro atoms. The molecule has 2 rings (SSSR count). The summed E-state index contributed by atoms with van der Waals surface area (Å²) in [7, 11) is 1.94. The summed E-state index contributed by atoms with van der Waals surface area (Å²) < 4.78 is 15.5. The van der Waals surface area contributed by atoms with E-state index in [-0.39, 0.29) is 11.9 Å². The van der Waals surface area contributed by atoms with Crippen LogP contribution in [-0.4, -0.2) is 16.3 Å².